The third-order valence-electron chi connectivity index (χ3n) is 4.42. The highest BCUT2D eigenvalue weighted by Crippen LogP contribution is 2.42. The average molecular weight is 420 g/mol. The van der Waals surface area contributed by atoms with Gasteiger partial charge in [0.25, 0.3) is 0 Å². The quantitative estimate of drug-likeness (QED) is 0.291. The molecule has 6 N–H and O–H groups in total. The van der Waals surface area contributed by atoms with Crippen molar-refractivity contribution in [2.75, 3.05) is 11.5 Å². The largest absolute Gasteiger partial charge is 0.506 e. The third-order valence-corrected chi connectivity index (χ3v) is 4.42. The van der Waals surface area contributed by atoms with E-state index in [2.05, 4.69) is 23.7 Å². The van der Waals surface area contributed by atoms with E-state index in [0.717, 1.165) is 0 Å². The van der Waals surface area contributed by atoms with E-state index in [1.54, 1.807) is 0 Å². The molecule has 0 spiro atoms. The molecule has 3 aromatic rings. The molecule has 3 rings (SSSR count). The van der Waals surface area contributed by atoms with Crippen LogP contribution < -0.4 is 20.9 Å². The van der Waals surface area contributed by atoms with E-state index in [4.69, 9.17) is 46.6 Å². The van der Waals surface area contributed by atoms with Crippen molar-refractivity contribution in [3.8, 4) is 83.9 Å². The average Bonchev–Trinajstić information content (AvgIpc) is 2.78. The Bertz CT molecular complexity index is 1250. The Balaban J connectivity index is 2.26. The van der Waals surface area contributed by atoms with Gasteiger partial charge in [0.05, 0.1) is 33.6 Å². The first kappa shape index (κ1) is 21.4. The molecule has 0 unspecified atom stereocenters. The topological polar surface area (TPSA) is 111 Å². The summed E-state index contributed by atoms with van der Waals surface area (Å²) in [4.78, 5) is 0. The molecule has 154 valence electrons. The summed E-state index contributed by atoms with van der Waals surface area (Å²) in [5.74, 6) is 10.3. The molecule has 6 heteroatoms. The van der Waals surface area contributed by atoms with Crippen molar-refractivity contribution in [1.82, 2.24) is 0 Å². The fraction of sp³-hybridized carbons (Fsp3) is 0. The zero-order chi connectivity index (χ0) is 23.4. The van der Waals surface area contributed by atoms with Crippen LogP contribution in [0.5, 0.6) is 34.5 Å². The summed E-state index contributed by atoms with van der Waals surface area (Å²) in [7, 11) is 0. The van der Waals surface area contributed by atoms with Crippen molar-refractivity contribution >= 4 is 11.4 Å². The van der Waals surface area contributed by atoms with Crippen molar-refractivity contribution in [1.29, 1.82) is 0 Å². The Morgan fingerprint density at radius 2 is 0.906 bits per heavy atom. The number of terminal acetylenes is 4. The smallest absolute Gasteiger partial charge is 0.161 e. The molecule has 0 saturated carbocycles. The lowest BCUT2D eigenvalue weighted by atomic mass is 9.95. The van der Waals surface area contributed by atoms with Crippen LogP contribution in [-0.2, 0) is 0 Å². The van der Waals surface area contributed by atoms with Crippen molar-refractivity contribution in [3.63, 3.8) is 0 Å². The fourth-order valence-corrected chi connectivity index (χ4v) is 2.89. The summed E-state index contributed by atoms with van der Waals surface area (Å²) in [5.41, 5.74) is 12.2. The number of hydrogen-bond acceptors (Lipinski definition) is 6. The lowest BCUT2D eigenvalue weighted by molar-refractivity contribution is 0.457. The predicted octanol–water partition coefficient (Wildman–Crippen LogP) is 3.77. The Labute approximate surface area is 185 Å². The van der Waals surface area contributed by atoms with Gasteiger partial charge in [-0.3, -0.25) is 0 Å². The molecule has 0 heterocycles. The monoisotopic (exact) mass is 420 g/mol. The van der Waals surface area contributed by atoms with Gasteiger partial charge in [0.1, 0.15) is 23.0 Å². The van der Waals surface area contributed by atoms with Crippen molar-refractivity contribution in [2.24, 2.45) is 0 Å². The summed E-state index contributed by atoms with van der Waals surface area (Å²) in [5, 5.41) is 19.3. The minimum absolute atomic E-state index is 0.0681. The maximum absolute atomic E-state index is 9.65. The molecule has 0 amide bonds. The van der Waals surface area contributed by atoms with Crippen LogP contribution in [0.2, 0.25) is 0 Å². The minimum Gasteiger partial charge on any atom is -0.506 e. The molecule has 3 aromatic carbocycles. The summed E-state index contributed by atoms with van der Waals surface area (Å²) in [6.45, 7) is 0. The van der Waals surface area contributed by atoms with Gasteiger partial charge < -0.3 is 31.2 Å². The highest BCUT2D eigenvalue weighted by molar-refractivity contribution is 5.76. The summed E-state index contributed by atoms with van der Waals surface area (Å²) < 4.78 is 11.8. The first-order valence-corrected chi connectivity index (χ1v) is 8.97. The molecule has 6 nitrogen and oxygen atoms in total. The fourth-order valence-electron chi connectivity index (χ4n) is 2.89. The number of phenolic OH excluding ortho intramolecular Hbond substituents is 2. The molecular weight excluding hydrogens is 404 g/mol. The molecule has 0 aromatic heterocycles. The standard InChI is InChI=1S/C26H16N2O4/c1-5-17-18(6-2)26(32-16-10-12-24(30)22(28)14-16)20(8-4)19(7-3)25(17)31-15-9-11-23(29)21(27)13-15/h1-4,9-14,29-30H,27-28H2. The molecule has 32 heavy (non-hydrogen) atoms. The maximum Gasteiger partial charge on any atom is 0.161 e. The number of phenols is 2. The second-order valence-corrected chi connectivity index (χ2v) is 6.38. The first-order chi connectivity index (χ1) is 15.3. The Morgan fingerprint density at radius 3 is 1.16 bits per heavy atom. The van der Waals surface area contributed by atoms with Crippen LogP contribution >= 0.6 is 0 Å². The first-order valence-electron chi connectivity index (χ1n) is 8.97. The number of hydrogen-bond donors (Lipinski definition) is 4. The highest BCUT2D eigenvalue weighted by Gasteiger charge is 2.24. The zero-order valence-corrected chi connectivity index (χ0v) is 16.6. The molecule has 0 aliphatic heterocycles. The molecule has 0 bridgehead atoms. The van der Waals surface area contributed by atoms with E-state index in [1.807, 2.05) is 0 Å². The molecule has 0 aliphatic rings. The van der Waals surface area contributed by atoms with Crippen LogP contribution in [0.25, 0.3) is 0 Å². The van der Waals surface area contributed by atoms with Gasteiger partial charge in [0.2, 0.25) is 0 Å². The zero-order valence-electron chi connectivity index (χ0n) is 16.6. The van der Waals surface area contributed by atoms with Gasteiger partial charge in [-0.2, -0.15) is 0 Å². The predicted molar refractivity (Wildman–Crippen MR) is 123 cm³/mol. The Hall–Kier alpha value is -5.30. The lowest BCUT2D eigenvalue weighted by Crippen LogP contribution is -2.03. The second-order valence-electron chi connectivity index (χ2n) is 6.38. The minimum atomic E-state index is -0.114. The maximum atomic E-state index is 9.65. The van der Waals surface area contributed by atoms with Gasteiger partial charge in [-0.25, -0.2) is 0 Å². The van der Waals surface area contributed by atoms with Crippen molar-refractivity contribution < 1.29 is 19.7 Å². The summed E-state index contributed by atoms with van der Waals surface area (Å²) >= 11 is 0. The van der Waals surface area contributed by atoms with Crippen LogP contribution in [0, 0.1) is 49.4 Å². The van der Waals surface area contributed by atoms with Crippen molar-refractivity contribution in [2.45, 2.75) is 0 Å². The van der Waals surface area contributed by atoms with E-state index in [-0.39, 0.29) is 68.1 Å². The normalized spacial score (nSPS) is 9.62. The Kier molecular flexibility index (Phi) is 5.75. The number of benzene rings is 3. The summed E-state index contributed by atoms with van der Waals surface area (Å²) in [6.07, 6.45) is 22.9. The Morgan fingerprint density at radius 1 is 0.594 bits per heavy atom. The van der Waals surface area contributed by atoms with Crippen molar-refractivity contribution in [3.05, 3.63) is 58.7 Å². The van der Waals surface area contributed by atoms with E-state index >= 15 is 0 Å². The van der Waals surface area contributed by atoms with E-state index in [9.17, 15) is 10.2 Å². The number of ether oxygens (including phenoxy) is 2. The number of nitrogens with two attached hydrogens (primary N) is 2. The highest BCUT2D eigenvalue weighted by atomic mass is 16.5. The van der Waals surface area contributed by atoms with Gasteiger partial charge in [0.15, 0.2) is 11.5 Å². The van der Waals surface area contributed by atoms with Gasteiger partial charge in [-0.05, 0) is 24.3 Å². The van der Waals surface area contributed by atoms with Crippen LogP contribution in [0.15, 0.2) is 36.4 Å². The van der Waals surface area contributed by atoms with E-state index in [1.165, 1.54) is 36.4 Å². The number of rotatable bonds is 4. The van der Waals surface area contributed by atoms with Gasteiger partial charge in [-0.1, -0.05) is 23.7 Å². The lowest BCUT2D eigenvalue weighted by Gasteiger charge is -2.19. The van der Waals surface area contributed by atoms with Gasteiger partial charge >= 0.3 is 0 Å². The third kappa shape index (κ3) is 3.77. The number of aromatic hydroxyl groups is 2. The number of anilines is 2. The van der Waals surface area contributed by atoms with Gasteiger partial charge in [-0.15, -0.1) is 25.7 Å². The SMILES string of the molecule is C#Cc1c(C#C)c(Oc2ccc(O)c(N)c2)c(C#C)c(C#C)c1Oc1ccc(O)c(N)c1. The van der Waals surface area contributed by atoms with Crippen LogP contribution in [0.3, 0.4) is 0 Å². The molecule has 0 aliphatic carbocycles. The van der Waals surface area contributed by atoms with Gasteiger partial charge in [0, 0.05) is 12.1 Å². The van der Waals surface area contributed by atoms with E-state index < -0.39 is 0 Å². The molecule has 0 fully saturated rings. The van der Waals surface area contributed by atoms with Crippen LogP contribution in [0.1, 0.15) is 22.3 Å². The van der Waals surface area contributed by atoms with Crippen LogP contribution in [0.4, 0.5) is 11.4 Å². The van der Waals surface area contributed by atoms with E-state index in [0.29, 0.717) is 0 Å². The molecular formula is C26H16N2O4. The molecule has 0 atom stereocenters. The summed E-state index contributed by atoms with van der Waals surface area (Å²) in [6, 6.07) is 8.44. The van der Waals surface area contributed by atoms with Crippen LogP contribution in [-0.4, -0.2) is 10.2 Å². The molecule has 0 radical (unpaired) electrons. The second kappa shape index (κ2) is 8.60. The molecule has 0 saturated heterocycles. The number of nitrogen functional groups attached to an aromatic ring is 2.